The van der Waals surface area contributed by atoms with E-state index in [2.05, 4.69) is 31.9 Å². The second kappa shape index (κ2) is 27.6. The predicted octanol–water partition coefficient (Wildman–Crippen LogP) is 2.47. The Balaban J connectivity index is 1.25. The molecule has 0 radical (unpaired) electrons. The number of rotatable bonds is 10. The number of nitrogens with one attached hydrogen (secondary N) is 6. The normalized spacial score (nSPS) is 28.7. The molecule has 0 aliphatic carbocycles. The van der Waals surface area contributed by atoms with Gasteiger partial charge in [-0.3, -0.25) is 47.9 Å². The Bertz CT molecular complexity index is 2610. The van der Waals surface area contributed by atoms with E-state index in [0.717, 1.165) is 0 Å². The zero-order valence-corrected chi connectivity index (χ0v) is 48.4. The lowest BCUT2D eigenvalue weighted by molar-refractivity contribution is -0.149. The van der Waals surface area contributed by atoms with Crippen LogP contribution < -0.4 is 31.9 Å². The SMILES string of the molecule is CCC(C)[C@H]1NC(=O)[C@@H]2CCCN2C(=O)[C@@H]2CCCN2C(=O)[C@H](C(C)C)NC(=O)[C@H](Cc2ccc(O)cc2)NC(=O)[C@@H]2CCCN2C(=O)[C@@H]2CCCN2C(=O)[C@H](CC(C)C)NC(=O)[C@H](C(C)C)NC(=O)[C@H](Cc2ccccc2)NC1=O. The Labute approximate surface area is 476 Å². The number of hydrogen-bond acceptors (Lipinski definition) is 11. The molecule has 11 atom stereocenters. The number of amides is 10. The summed E-state index contributed by atoms with van der Waals surface area (Å²) in [5.74, 6) is -7.25. The van der Waals surface area contributed by atoms with Crippen molar-refractivity contribution >= 4 is 59.1 Å². The lowest BCUT2D eigenvalue weighted by Crippen LogP contribution is -2.62. The summed E-state index contributed by atoms with van der Waals surface area (Å²) >= 11 is 0. The van der Waals surface area contributed by atoms with Crippen molar-refractivity contribution in [3.05, 3.63) is 65.7 Å². The van der Waals surface area contributed by atoms with Crippen molar-refractivity contribution in [2.75, 3.05) is 26.2 Å². The summed E-state index contributed by atoms with van der Waals surface area (Å²) in [6.45, 7) is 15.3. The Morgan fingerprint density at radius 3 is 1.31 bits per heavy atom. The number of carbonyl (C=O) groups is 10. The van der Waals surface area contributed by atoms with E-state index in [0.29, 0.717) is 62.5 Å². The molecule has 21 nitrogen and oxygen atoms in total. The van der Waals surface area contributed by atoms with E-state index in [9.17, 15) is 53.1 Å². The molecule has 5 fully saturated rings. The van der Waals surface area contributed by atoms with Crippen LogP contribution in [0, 0.1) is 23.7 Å². The smallest absolute Gasteiger partial charge is 0.246 e. The molecule has 5 heterocycles. The zero-order valence-electron chi connectivity index (χ0n) is 48.4. The first kappa shape index (κ1) is 61.6. The quantitative estimate of drug-likeness (QED) is 0.182. The van der Waals surface area contributed by atoms with Gasteiger partial charge in [0.1, 0.15) is 66.2 Å². The molecule has 5 aliphatic rings. The van der Waals surface area contributed by atoms with Gasteiger partial charge in [-0.15, -0.1) is 0 Å². The first-order valence-electron chi connectivity index (χ1n) is 29.4. The van der Waals surface area contributed by atoms with Gasteiger partial charge in [0.15, 0.2) is 0 Å². The number of fused-ring (bicyclic) bond motifs is 4. The molecule has 1 unspecified atom stereocenters. The fraction of sp³-hybridized carbons (Fsp3) is 0.633. The van der Waals surface area contributed by atoms with E-state index in [4.69, 9.17) is 0 Å². The summed E-state index contributed by atoms with van der Waals surface area (Å²) in [4.78, 5) is 153. The van der Waals surface area contributed by atoms with Crippen molar-refractivity contribution in [1.82, 2.24) is 51.5 Å². The fourth-order valence-corrected chi connectivity index (χ4v) is 12.1. The van der Waals surface area contributed by atoms with Gasteiger partial charge in [-0.2, -0.15) is 0 Å². The minimum absolute atomic E-state index is 0.00823. The number of aromatic hydroxyl groups is 1. The van der Waals surface area contributed by atoms with Crippen LogP contribution in [0.3, 0.4) is 0 Å². The highest BCUT2D eigenvalue weighted by Gasteiger charge is 2.48. The number of benzene rings is 2. The van der Waals surface area contributed by atoms with Crippen LogP contribution in [-0.2, 0) is 60.8 Å². The van der Waals surface area contributed by atoms with E-state index >= 15 is 0 Å². The maximum Gasteiger partial charge on any atom is 0.246 e. The third-order valence-corrected chi connectivity index (χ3v) is 16.8. The van der Waals surface area contributed by atoms with Crippen molar-refractivity contribution in [2.45, 2.75) is 193 Å². The van der Waals surface area contributed by atoms with Gasteiger partial charge in [0.25, 0.3) is 0 Å². The molecule has 0 bridgehead atoms. The molecule has 81 heavy (non-hydrogen) atoms. The number of nitrogens with zero attached hydrogens (tertiary/aromatic N) is 4. The molecule has 5 saturated heterocycles. The predicted molar refractivity (Wildman–Crippen MR) is 301 cm³/mol. The summed E-state index contributed by atoms with van der Waals surface area (Å²) in [5.41, 5.74) is 1.29. The van der Waals surface area contributed by atoms with Crippen LogP contribution in [-0.4, -0.2) is 170 Å². The maximum atomic E-state index is 14.8. The highest BCUT2D eigenvalue weighted by atomic mass is 16.3. The van der Waals surface area contributed by atoms with Gasteiger partial charge in [0.05, 0.1) is 0 Å². The van der Waals surface area contributed by atoms with Crippen molar-refractivity contribution in [3.8, 4) is 5.75 Å². The van der Waals surface area contributed by atoms with Crippen LogP contribution in [0.1, 0.15) is 131 Å². The van der Waals surface area contributed by atoms with Crippen molar-refractivity contribution in [1.29, 1.82) is 0 Å². The van der Waals surface area contributed by atoms with E-state index in [1.54, 1.807) is 71.0 Å². The monoisotopic (exact) mass is 1120 g/mol. The van der Waals surface area contributed by atoms with Crippen molar-refractivity contribution in [3.63, 3.8) is 0 Å². The molecule has 5 aliphatic heterocycles. The summed E-state index contributed by atoms with van der Waals surface area (Å²) in [6, 6.07) is 4.13. The molecule has 2 aromatic rings. The topological polar surface area (TPSA) is 276 Å². The molecular formula is C60H86N10O11. The summed E-state index contributed by atoms with van der Waals surface area (Å²) in [7, 11) is 0. The molecular weight excluding hydrogens is 1040 g/mol. The minimum atomic E-state index is -1.27. The molecule has 21 heteroatoms. The van der Waals surface area contributed by atoms with Crippen LogP contribution in [0.25, 0.3) is 0 Å². The molecule has 0 aromatic heterocycles. The van der Waals surface area contributed by atoms with Gasteiger partial charge in [-0.05, 0) is 105 Å². The molecule has 7 N–H and O–H groups in total. The van der Waals surface area contributed by atoms with E-state index in [1.165, 1.54) is 31.7 Å². The van der Waals surface area contributed by atoms with Gasteiger partial charge in [0, 0.05) is 39.0 Å². The molecule has 0 saturated carbocycles. The first-order valence-corrected chi connectivity index (χ1v) is 29.4. The van der Waals surface area contributed by atoms with Crippen LogP contribution in [0.5, 0.6) is 5.75 Å². The van der Waals surface area contributed by atoms with Gasteiger partial charge in [0.2, 0.25) is 59.1 Å². The highest BCUT2D eigenvalue weighted by Crippen LogP contribution is 2.29. The summed E-state index contributed by atoms with van der Waals surface area (Å²) < 4.78 is 0. The number of hydrogen-bond donors (Lipinski definition) is 7. The number of carbonyl (C=O) groups excluding carboxylic acids is 10. The van der Waals surface area contributed by atoms with Gasteiger partial charge in [-0.1, -0.05) is 104 Å². The summed E-state index contributed by atoms with van der Waals surface area (Å²) in [6.07, 6.45) is 3.68. The first-order chi connectivity index (χ1) is 38.6. The molecule has 442 valence electrons. The Hall–Kier alpha value is -7.06. The molecule has 10 amide bonds. The third kappa shape index (κ3) is 14.9. The third-order valence-electron chi connectivity index (χ3n) is 16.8. The van der Waals surface area contributed by atoms with E-state index in [1.807, 2.05) is 26.8 Å². The van der Waals surface area contributed by atoms with Crippen LogP contribution >= 0.6 is 0 Å². The molecule has 7 rings (SSSR count). The Kier molecular flexibility index (Phi) is 21.0. The molecule has 0 spiro atoms. The maximum absolute atomic E-state index is 14.8. The zero-order chi connectivity index (χ0) is 58.8. The summed E-state index contributed by atoms with van der Waals surface area (Å²) in [5, 5.41) is 27.5. The molecule has 2 aromatic carbocycles. The average Bonchev–Trinajstić information content (AvgIpc) is 4.37. The van der Waals surface area contributed by atoms with Crippen molar-refractivity contribution < 1.29 is 53.1 Å². The van der Waals surface area contributed by atoms with E-state index in [-0.39, 0.29) is 63.5 Å². The fourth-order valence-electron chi connectivity index (χ4n) is 12.1. The largest absolute Gasteiger partial charge is 0.508 e. The van der Waals surface area contributed by atoms with Crippen LogP contribution in [0.15, 0.2) is 54.6 Å². The van der Waals surface area contributed by atoms with Crippen molar-refractivity contribution in [2.24, 2.45) is 23.7 Å². The Morgan fingerprint density at radius 1 is 0.432 bits per heavy atom. The average molecular weight is 1120 g/mol. The van der Waals surface area contributed by atoms with Gasteiger partial charge < -0.3 is 56.6 Å². The second-order valence-corrected chi connectivity index (χ2v) is 24.0. The second-order valence-electron chi connectivity index (χ2n) is 24.0. The lowest BCUT2D eigenvalue weighted by atomic mass is 9.96. The van der Waals surface area contributed by atoms with Gasteiger partial charge >= 0.3 is 0 Å². The van der Waals surface area contributed by atoms with Gasteiger partial charge in [-0.25, -0.2) is 0 Å². The Morgan fingerprint density at radius 2 is 0.827 bits per heavy atom. The number of phenolic OH excluding ortho intramolecular Hbond substituents is 1. The van der Waals surface area contributed by atoms with Crippen LogP contribution in [0.2, 0.25) is 0 Å². The number of phenols is 1. The highest BCUT2D eigenvalue weighted by molar-refractivity contribution is 6.00. The van der Waals surface area contributed by atoms with Crippen LogP contribution in [0.4, 0.5) is 0 Å². The van der Waals surface area contributed by atoms with E-state index < -0.39 is 137 Å². The lowest BCUT2D eigenvalue weighted by Gasteiger charge is -2.35. The standard InChI is InChI=1S/C60H86N10O11/c1-9-37(8)50-56(77)62-42(32-38-17-11-10-12-18-38)51(72)64-48(35(4)5)55(76)63-43(31-34(2)3)57(78)69-29-15-21-46(69)58(79)67-27-13-19-44(67)53(74)61-41(33-39-23-25-40(71)26-24-39)52(73)65-49(36(6)7)60(81)70-30-16-22-47(70)59(80)68-28-14-20-45(68)54(75)66-50/h10-12,17-18,23-26,34-37,41-50,71H,9,13-16,19-22,27-33H2,1-8H3,(H,61,74)(H,62,77)(H,63,76)(H,64,72)(H,65,73)(H,66,75)/t37?,41-,42-,43-,44-,45-,46-,47-,48-,49-,50+/m0/s1. The minimum Gasteiger partial charge on any atom is -0.508 e.